The van der Waals surface area contributed by atoms with Gasteiger partial charge < -0.3 is 15.2 Å². The Labute approximate surface area is 170 Å². The van der Waals surface area contributed by atoms with E-state index in [4.69, 9.17) is 21.4 Å². The van der Waals surface area contributed by atoms with Gasteiger partial charge in [-0.05, 0) is 31.2 Å². The van der Waals surface area contributed by atoms with Crippen LogP contribution in [0, 0.1) is 0 Å². The van der Waals surface area contributed by atoms with Crippen LogP contribution in [0.25, 0.3) is 10.8 Å². The van der Waals surface area contributed by atoms with Gasteiger partial charge in [-0.3, -0.25) is 9.59 Å². The molecule has 1 heterocycles. The van der Waals surface area contributed by atoms with Crippen LogP contribution in [0.1, 0.15) is 17.4 Å². The summed E-state index contributed by atoms with van der Waals surface area (Å²) < 4.78 is 6.25. The Morgan fingerprint density at radius 3 is 2.62 bits per heavy atom. The van der Waals surface area contributed by atoms with Crippen molar-refractivity contribution in [3.05, 3.63) is 69.6 Å². The number of hydrogen-bond donors (Lipinski definition) is 2. The molecule has 1 atom stereocenters. The van der Waals surface area contributed by atoms with E-state index in [0.717, 1.165) is 4.68 Å². The minimum Gasteiger partial charge on any atom is -0.448 e. The Bertz CT molecular complexity index is 1130. The fraction of sp³-hybridized carbons (Fsp3) is 0.200. The Morgan fingerprint density at radius 2 is 1.93 bits per heavy atom. The SMILES string of the molecule is C[C@@H](OC(=O)c1nn(CCO)c(=O)c2ccccc12)C(=O)Nc1cccc(Cl)c1. The Morgan fingerprint density at radius 1 is 1.21 bits per heavy atom. The fourth-order valence-corrected chi connectivity index (χ4v) is 2.90. The summed E-state index contributed by atoms with van der Waals surface area (Å²) in [7, 11) is 0. The van der Waals surface area contributed by atoms with E-state index in [1.807, 2.05) is 0 Å². The number of amides is 1. The fourth-order valence-electron chi connectivity index (χ4n) is 2.71. The van der Waals surface area contributed by atoms with Gasteiger partial charge in [-0.2, -0.15) is 5.10 Å². The normalized spacial score (nSPS) is 11.8. The summed E-state index contributed by atoms with van der Waals surface area (Å²) in [5, 5.41) is 16.8. The number of nitrogens with one attached hydrogen (secondary N) is 1. The minimum absolute atomic E-state index is 0.0746. The van der Waals surface area contributed by atoms with Crippen molar-refractivity contribution < 1.29 is 19.4 Å². The third-order valence-corrected chi connectivity index (χ3v) is 4.35. The smallest absolute Gasteiger partial charge is 0.360 e. The lowest BCUT2D eigenvalue weighted by Crippen LogP contribution is -2.32. The van der Waals surface area contributed by atoms with E-state index in [9.17, 15) is 14.4 Å². The molecule has 1 aromatic heterocycles. The van der Waals surface area contributed by atoms with Gasteiger partial charge in [-0.25, -0.2) is 9.48 Å². The van der Waals surface area contributed by atoms with E-state index < -0.39 is 23.5 Å². The predicted molar refractivity (Wildman–Crippen MR) is 108 cm³/mol. The van der Waals surface area contributed by atoms with Crippen molar-refractivity contribution in [2.24, 2.45) is 0 Å². The maximum Gasteiger partial charge on any atom is 0.360 e. The van der Waals surface area contributed by atoms with Gasteiger partial charge in [0.2, 0.25) is 0 Å². The molecule has 0 bridgehead atoms. The maximum atomic E-state index is 12.7. The first-order valence-corrected chi connectivity index (χ1v) is 9.16. The molecule has 0 saturated carbocycles. The maximum absolute atomic E-state index is 12.7. The highest BCUT2D eigenvalue weighted by atomic mass is 35.5. The van der Waals surface area contributed by atoms with Crippen LogP contribution >= 0.6 is 11.6 Å². The van der Waals surface area contributed by atoms with Crippen molar-refractivity contribution in [2.45, 2.75) is 19.6 Å². The summed E-state index contributed by atoms with van der Waals surface area (Å²) in [5.74, 6) is -1.41. The lowest BCUT2D eigenvalue weighted by molar-refractivity contribution is -0.123. The van der Waals surface area contributed by atoms with Crippen LogP contribution in [0.3, 0.4) is 0 Å². The molecule has 0 aliphatic rings. The van der Waals surface area contributed by atoms with E-state index in [2.05, 4.69) is 10.4 Å². The molecule has 0 fully saturated rings. The topological polar surface area (TPSA) is 111 Å². The molecule has 29 heavy (non-hydrogen) atoms. The molecule has 0 aliphatic carbocycles. The quantitative estimate of drug-likeness (QED) is 0.597. The first kappa shape index (κ1) is 20.5. The van der Waals surface area contributed by atoms with Crippen molar-refractivity contribution in [2.75, 3.05) is 11.9 Å². The zero-order chi connectivity index (χ0) is 21.0. The van der Waals surface area contributed by atoms with Crippen LogP contribution in [0.2, 0.25) is 5.02 Å². The molecule has 2 N–H and O–H groups in total. The predicted octanol–water partition coefficient (Wildman–Crippen LogP) is 2.23. The van der Waals surface area contributed by atoms with Crippen molar-refractivity contribution in [1.82, 2.24) is 9.78 Å². The number of carbonyl (C=O) groups excluding carboxylic acids is 2. The first-order chi connectivity index (χ1) is 13.9. The molecule has 9 heteroatoms. The van der Waals surface area contributed by atoms with Crippen molar-refractivity contribution in [3.63, 3.8) is 0 Å². The number of nitrogens with zero attached hydrogens (tertiary/aromatic N) is 2. The number of aliphatic hydroxyl groups excluding tert-OH is 1. The Hall–Kier alpha value is -3.23. The average molecular weight is 416 g/mol. The molecule has 0 spiro atoms. The number of carbonyl (C=O) groups is 2. The number of halogens is 1. The molecule has 150 valence electrons. The summed E-state index contributed by atoms with van der Waals surface area (Å²) in [5.41, 5.74) is -0.0838. The van der Waals surface area contributed by atoms with Crippen LogP contribution in [-0.2, 0) is 16.1 Å². The molecule has 0 saturated heterocycles. The van der Waals surface area contributed by atoms with Crippen LogP contribution in [0.15, 0.2) is 53.3 Å². The van der Waals surface area contributed by atoms with Crippen molar-refractivity contribution >= 4 is 39.9 Å². The molecule has 0 radical (unpaired) electrons. The highest BCUT2D eigenvalue weighted by molar-refractivity contribution is 6.30. The second kappa shape index (κ2) is 8.85. The molecular weight excluding hydrogens is 398 g/mol. The van der Waals surface area contributed by atoms with Crippen LogP contribution in [-0.4, -0.2) is 39.5 Å². The standard InChI is InChI=1S/C20H18ClN3O5/c1-12(18(26)22-14-6-4-5-13(21)11-14)29-20(28)17-15-7-2-3-8-16(15)19(27)24(23-17)9-10-25/h2-8,11-12,25H,9-10H2,1H3,(H,22,26)/t12-/m1/s1. The molecule has 0 unspecified atom stereocenters. The summed E-state index contributed by atoms with van der Waals surface area (Å²) in [6, 6.07) is 13.0. The van der Waals surface area contributed by atoms with Crippen LogP contribution < -0.4 is 10.9 Å². The number of esters is 1. The van der Waals surface area contributed by atoms with Gasteiger partial charge in [0.25, 0.3) is 11.5 Å². The number of aliphatic hydroxyl groups is 1. The highest BCUT2D eigenvalue weighted by Crippen LogP contribution is 2.17. The summed E-state index contributed by atoms with van der Waals surface area (Å²) in [4.78, 5) is 37.4. The lowest BCUT2D eigenvalue weighted by atomic mass is 10.1. The number of ether oxygens (including phenoxy) is 1. The molecule has 8 nitrogen and oxygen atoms in total. The van der Waals surface area contributed by atoms with Gasteiger partial charge in [0, 0.05) is 16.1 Å². The van der Waals surface area contributed by atoms with Gasteiger partial charge in [-0.1, -0.05) is 35.9 Å². The van der Waals surface area contributed by atoms with Gasteiger partial charge in [-0.15, -0.1) is 0 Å². The lowest BCUT2D eigenvalue weighted by Gasteiger charge is -2.15. The third kappa shape index (κ3) is 4.61. The van der Waals surface area contributed by atoms with E-state index in [1.165, 1.54) is 6.92 Å². The number of hydrogen-bond acceptors (Lipinski definition) is 6. The average Bonchev–Trinajstić information content (AvgIpc) is 2.70. The van der Waals surface area contributed by atoms with E-state index in [1.54, 1.807) is 48.5 Å². The second-order valence-corrected chi connectivity index (χ2v) is 6.63. The molecule has 3 aromatic rings. The Kier molecular flexibility index (Phi) is 6.26. The van der Waals surface area contributed by atoms with Gasteiger partial charge in [0.15, 0.2) is 11.8 Å². The van der Waals surface area contributed by atoms with Crippen LogP contribution in [0.4, 0.5) is 5.69 Å². The van der Waals surface area contributed by atoms with Crippen molar-refractivity contribution in [3.8, 4) is 0 Å². The number of fused-ring (bicyclic) bond motifs is 1. The number of rotatable bonds is 6. The zero-order valence-electron chi connectivity index (χ0n) is 15.5. The largest absolute Gasteiger partial charge is 0.448 e. The minimum atomic E-state index is -1.12. The highest BCUT2D eigenvalue weighted by Gasteiger charge is 2.23. The van der Waals surface area contributed by atoms with E-state index >= 15 is 0 Å². The summed E-state index contributed by atoms with van der Waals surface area (Å²) in [6.45, 7) is 1.02. The van der Waals surface area contributed by atoms with Crippen LogP contribution in [0.5, 0.6) is 0 Å². The molecule has 2 aromatic carbocycles. The monoisotopic (exact) mass is 415 g/mol. The van der Waals surface area contributed by atoms with Gasteiger partial charge in [0.1, 0.15) is 0 Å². The zero-order valence-corrected chi connectivity index (χ0v) is 16.2. The molecule has 1 amide bonds. The number of anilines is 1. The Balaban J connectivity index is 1.84. The van der Waals surface area contributed by atoms with Crippen molar-refractivity contribution in [1.29, 1.82) is 0 Å². The van der Waals surface area contributed by atoms with Gasteiger partial charge in [0.05, 0.1) is 18.5 Å². The number of benzene rings is 2. The van der Waals surface area contributed by atoms with Gasteiger partial charge >= 0.3 is 5.97 Å². The first-order valence-electron chi connectivity index (χ1n) is 8.79. The third-order valence-electron chi connectivity index (χ3n) is 4.12. The molecule has 0 aliphatic heterocycles. The molecular formula is C20H18ClN3O5. The summed E-state index contributed by atoms with van der Waals surface area (Å²) in [6.07, 6.45) is -1.12. The second-order valence-electron chi connectivity index (χ2n) is 6.19. The number of aromatic nitrogens is 2. The molecule has 3 rings (SSSR count). The van der Waals surface area contributed by atoms with E-state index in [-0.39, 0.29) is 24.2 Å². The van der Waals surface area contributed by atoms with E-state index in [0.29, 0.717) is 16.1 Å². The summed E-state index contributed by atoms with van der Waals surface area (Å²) >= 11 is 5.89.